The number of alkyl carbamates (subject to hydrolysis) is 1. The van der Waals surface area contributed by atoms with Crippen molar-refractivity contribution in [1.29, 1.82) is 0 Å². The van der Waals surface area contributed by atoms with Crippen LogP contribution in [-0.4, -0.2) is 58.7 Å². The third-order valence-electron chi connectivity index (χ3n) is 5.22. The van der Waals surface area contributed by atoms with Gasteiger partial charge in [0, 0.05) is 19.6 Å². The number of aromatic nitrogens is 3. The summed E-state index contributed by atoms with van der Waals surface area (Å²) in [7, 11) is 2.81. The predicted octanol–water partition coefficient (Wildman–Crippen LogP) is 3.84. The number of amides is 2. The molecule has 0 saturated heterocycles. The molecule has 0 radical (unpaired) electrons. The van der Waals surface area contributed by atoms with E-state index in [0.29, 0.717) is 45.1 Å². The molecule has 0 unspecified atom stereocenters. The Morgan fingerprint density at radius 2 is 1.89 bits per heavy atom. The molecular formula is C26H33N5O6S. The average molecular weight is 544 g/mol. The van der Waals surface area contributed by atoms with Gasteiger partial charge in [-0.15, -0.1) is 0 Å². The maximum atomic E-state index is 13.2. The van der Waals surface area contributed by atoms with Gasteiger partial charge < -0.3 is 24.1 Å². The second-order valence-electron chi connectivity index (χ2n) is 9.27. The van der Waals surface area contributed by atoms with Gasteiger partial charge >= 0.3 is 12.1 Å². The van der Waals surface area contributed by atoms with Crippen molar-refractivity contribution in [3.63, 3.8) is 0 Å². The van der Waals surface area contributed by atoms with E-state index in [2.05, 4.69) is 15.4 Å². The fraction of sp³-hybridized carbons (Fsp3) is 0.423. The van der Waals surface area contributed by atoms with Crippen molar-refractivity contribution in [2.45, 2.75) is 53.3 Å². The monoisotopic (exact) mass is 543 g/mol. The van der Waals surface area contributed by atoms with Crippen LogP contribution in [0.5, 0.6) is 5.75 Å². The number of benzene rings is 1. The standard InChI is InChI=1S/C26H33N5O6S/c1-8-31-18(13-16(2)29-31)22(32)28-24-30(12-10-9-11-27-25(34)37-26(3,4)5)21-19(35-6)14-17(23(33)36-7)15-20(21)38-24/h9-10,13-15H,8,11-12H2,1-7H3,(H,27,34)/b10-9+,28-24-. The molecule has 12 heteroatoms. The lowest BCUT2D eigenvalue weighted by Gasteiger charge is -2.19. The highest BCUT2D eigenvalue weighted by molar-refractivity contribution is 7.16. The highest BCUT2D eigenvalue weighted by Crippen LogP contribution is 2.30. The summed E-state index contributed by atoms with van der Waals surface area (Å²) >= 11 is 1.25. The predicted molar refractivity (Wildman–Crippen MR) is 144 cm³/mol. The van der Waals surface area contributed by atoms with Crippen LogP contribution in [0.15, 0.2) is 35.3 Å². The van der Waals surface area contributed by atoms with Crippen molar-refractivity contribution in [2.75, 3.05) is 20.8 Å². The van der Waals surface area contributed by atoms with Crippen molar-refractivity contribution >= 4 is 39.5 Å². The van der Waals surface area contributed by atoms with Crippen LogP contribution in [0.25, 0.3) is 10.2 Å². The molecule has 0 bridgehead atoms. The zero-order valence-electron chi connectivity index (χ0n) is 22.7. The number of esters is 1. The topological polar surface area (TPSA) is 126 Å². The van der Waals surface area contributed by atoms with Gasteiger partial charge in [0.05, 0.1) is 30.2 Å². The number of thiazole rings is 1. The summed E-state index contributed by atoms with van der Waals surface area (Å²) in [6.45, 7) is 10.2. The number of carbonyl (C=O) groups is 3. The summed E-state index contributed by atoms with van der Waals surface area (Å²) in [5.41, 5.74) is 1.50. The van der Waals surface area contributed by atoms with E-state index in [-0.39, 0.29) is 6.54 Å². The summed E-state index contributed by atoms with van der Waals surface area (Å²) in [6.07, 6.45) is 3.09. The molecule has 204 valence electrons. The Balaban J connectivity index is 2.02. The van der Waals surface area contributed by atoms with Crippen LogP contribution in [0.1, 0.15) is 54.2 Å². The summed E-state index contributed by atoms with van der Waals surface area (Å²) in [5.74, 6) is -0.506. The summed E-state index contributed by atoms with van der Waals surface area (Å²) < 4.78 is 19.8. The van der Waals surface area contributed by atoms with Crippen molar-refractivity contribution in [1.82, 2.24) is 19.7 Å². The summed E-state index contributed by atoms with van der Waals surface area (Å²) in [5, 5.41) is 7.01. The maximum Gasteiger partial charge on any atom is 0.407 e. The van der Waals surface area contributed by atoms with Crippen LogP contribution >= 0.6 is 11.3 Å². The number of nitrogens with zero attached hydrogens (tertiary/aromatic N) is 4. The van der Waals surface area contributed by atoms with Crippen LogP contribution < -0.4 is 14.9 Å². The molecule has 2 amide bonds. The number of aryl methyl sites for hydroxylation is 2. The largest absolute Gasteiger partial charge is 0.494 e. The first-order chi connectivity index (χ1) is 18.0. The highest BCUT2D eigenvalue weighted by atomic mass is 32.1. The minimum atomic E-state index is -0.590. The fourth-order valence-corrected chi connectivity index (χ4v) is 4.74. The number of allylic oxidation sites excluding steroid dienone is 1. The second kappa shape index (κ2) is 12.1. The molecule has 1 aromatic carbocycles. The number of hydrogen-bond donors (Lipinski definition) is 1. The minimum Gasteiger partial charge on any atom is -0.494 e. The van der Waals surface area contributed by atoms with E-state index < -0.39 is 23.6 Å². The molecule has 0 fully saturated rings. The van der Waals surface area contributed by atoms with E-state index in [4.69, 9.17) is 14.2 Å². The number of methoxy groups -OCH3 is 2. The van der Waals surface area contributed by atoms with Crippen LogP contribution in [-0.2, 0) is 22.6 Å². The molecule has 0 aliphatic rings. The molecule has 11 nitrogen and oxygen atoms in total. The third-order valence-corrected chi connectivity index (χ3v) is 6.24. The molecule has 38 heavy (non-hydrogen) atoms. The smallest absolute Gasteiger partial charge is 0.407 e. The summed E-state index contributed by atoms with van der Waals surface area (Å²) in [4.78, 5) is 42.1. The van der Waals surface area contributed by atoms with E-state index in [1.165, 1.54) is 25.6 Å². The first kappa shape index (κ1) is 28.6. The number of carbonyl (C=O) groups excluding carboxylic acids is 3. The lowest BCUT2D eigenvalue weighted by atomic mass is 10.2. The van der Waals surface area contributed by atoms with E-state index in [9.17, 15) is 14.4 Å². The Hall–Kier alpha value is -3.93. The van der Waals surface area contributed by atoms with Crippen LogP contribution in [0.2, 0.25) is 0 Å². The van der Waals surface area contributed by atoms with Crippen molar-refractivity contribution in [2.24, 2.45) is 4.99 Å². The van der Waals surface area contributed by atoms with E-state index in [1.807, 2.05) is 24.5 Å². The molecule has 2 aromatic heterocycles. The van der Waals surface area contributed by atoms with E-state index >= 15 is 0 Å². The zero-order chi connectivity index (χ0) is 28.0. The van der Waals surface area contributed by atoms with Gasteiger partial charge in [-0.3, -0.25) is 9.48 Å². The molecule has 0 saturated carbocycles. The van der Waals surface area contributed by atoms with Crippen LogP contribution in [0.3, 0.4) is 0 Å². The van der Waals surface area contributed by atoms with E-state index in [1.54, 1.807) is 49.7 Å². The summed E-state index contributed by atoms with van der Waals surface area (Å²) in [6, 6.07) is 4.97. The Labute approximate surface area is 224 Å². The maximum absolute atomic E-state index is 13.2. The Morgan fingerprint density at radius 3 is 2.53 bits per heavy atom. The number of ether oxygens (including phenoxy) is 3. The first-order valence-corrected chi connectivity index (χ1v) is 12.8. The van der Waals surface area contributed by atoms with Gasteiger partial charge in [-0.05, 0) is 52.8 Å². The highest BCUT2D eigenvalue weighted by Gasteiger charge is 2.19. The van der Waals surface area contributed by atoms with Crippen LogP contribution in [0.4, 0.5) is 4.79 Å². The molecule has 1 N–H and O–H groups in total. The second-order valence-corrected chi connectivity index (χ2v) is 10.3. The number of hydrogen-bond acceptors (Lipinski definition) is 8. The van der Waals surface area contributed by atoms with Crippen LogP contribution in [0, 0.1) is 6.92 Å². The van der Waals surface area contributed by atoms with Gasteiger partial charge in [0.25, 0.3) is 5.91 Å². The lowest BCUT2D eigenvalue weighted by Crippen LogP contribution is -2.32. The van der Waals surface area contributed by atoms with Crippen molar-refractivity contribution in [3.8, 4) is 5.75 Å². The number of fused-ring (bicyclic) bond motifs is 1. The lowest BCUT2D eigenvalue weighted by molar-refractivity contribution is 0.0532. The molecule has 0 aliphatic carbocycles. The fourth-order valence-electron chi connectivity index (χ4n) is 3.64. The van der Waals surface area contributed by atoms with Gasteiger partial charge in [-0.2, -0.15) is 10.1 Å². The third kappa shape index (κ3) is 6.88. The molecule has 0 spiro atoms. The Bertz CT molecular complexity index is 1440. The van der Waals surface area contributed by atoms with Gasteiger partial charge in [-0.1, -0.05) is 23.5 Å². The number of rotatable bonds is 8. The Kier molecular flexibility index (Phi) is 9.10. The average Bonchev–Trinajstić information content (AvgIpc) is 3.41. The molecule has 2 heterocycles. The van der Waals surface area contributed by atoms with Gasteiger partial charge in [0.2, 0.25) is 0 Å². The van der Waals surface area contributed by atoms with E-state index in [0.717, 1.165) is 5.69 Å². The van der Waals surface area contributed by atoms with Gasteiger partial charge in [0.15, 0.2) is 4.80 Å². The van der Waals surface area contributed by atoms with Crippen molar-refractivity contribution in [3.05, 3.63) is 52.1 Å². The molecule has 0 aliphatic heterocycles. The SMILES string of the molecule is CCn1nc(C)cc1C(=O)/N=c1\sc2cc(C(=O)OC)cc(OC)c2n1C/C=C/CNC(=O)OC(C)(C)C. The minimum absolute atomic E-state index is 0.252. The molecule has 3 aromatic rings. The zero-order valence-corrected chi connectivity index (χ0v) is 23.5. The molecule has 3 rings (SSSR count). The molecule has 0 atom stereocenters. The number of nitrogens with one attached hydrogen (secondary N) is 1. The van der Waals surface area contributed by atoms with Crippen molar-refractivity contribution < 1.29 is 28.6 Å². The molecular weight excluding hydrogens is 510 g/mol. The van der Waals surface area contributed by atoms with Gasteiger partial charge in [0.1, 0.15) is 22.6 Å². The Morgan fingerprint density at radius 1 is 1.16 bits per heavy atom. The van der Waals surface area contributed by atoms with Gasteiger partial charge in [-0.25, -0.2) is 9.59 Å². The normalized spacial score (nSPS) is 12.2. The quantitative estimate of drug-likeness (QED) is 0.338. The first-order valence-electron chi connectivity index (χ1n) is 12.0.